The van der Waals surface area contributed by atoms with Crippen molar-refractivity contribution in [1.29, 1.82) is 0 Å². The molecule has 1 heterocycles. The zero-order chi connectivity index (χ0) is 18.0. The Bertz CT molecular complexity index is 783. The number of sulfonamides is 2. The Morgan fingerprint density at radius 1 is 1.04 bits per heavy atom. The number of benzene rings is 1. The van der Waals surface area contributed by atoms with Gasteiger partial charge in [0.2, 0.25) is 20.0 Å². The van der Waals surface area contributed by atoms with Gasteiger partial charge in [-0.25, -0.2) is 21.6 Å². The lowest BCUT2D eigenvalue weighted by Gasteiger charge is -2.31. The molecular weight excluding hydrogens is 356 g/mol. The van der Waals surface area contributed by atoms with Gasteiger partial charge >= 0.3 is 0 Å². The molecule has 8 nitrogen and oxygen atoms in total. The molecule has 1 aliphatic rings. The molecular formula is C14H22N2O6S2. The van der Waals surface area contributed by atoms with Crippen LogP contribution in [0.5, 0.6) is 11.5 Å². The topological polar surface area (TPSA) is 102 Å². The molecule has 136 valence electrons. The molecule has 1 saturated heterocycles. The number of hydrogen-bond donors (Lipinski definition) is 1. The Kier molecular flexibility index (Phi) is 5.74. The fraction of sp³-hybridized carbons (Fsp3) is 0.571. The lowest BCUT2D eigenvalue weighted by molar-refractivity contribution is 0.308. The van der Waals surface area contributed by atoms with E-state index in [0.29, 0.717) is 24.3 Å². The number of methoxy groups -OCH3 is 2. The van der Waals surface area contributed by atoms with Crippen LogP contribution in [0.2, 0.25) is 0 Å². The van der Waals surface area contributed by atoms with E-state index in [-0.39, 0.29) is 24.0 Å². The Balaban J connectivity index is 2.15. The molecule has 1 aliphatic heterocycles. The number of rotatable bonds is 6. The summed E-state index contributed by atoms with van der Waals surface area (Å²) in [7, 11) is -4.04. The van der Waals surface area contributed by atoms with Crippen LogP contribution in [0.3, 0.4) is 0 Å². The maximum atomic E-state index is 12.7. The van der Waals surface area contributed by atoms with E-state index in [2.05, 4.69) is 4.72 Å². The first-order valence-corrected chi connectivity index (χ1v) is 10.7. The minimum absolute atomic E-state index is 0.120. The molecule has 0 aliphatic carbocycles. The molecule has 0 bridgehead atoms. The summed E-state index contributed by atoms with van der Waals surface area (Å²) in [5.41, 5.74) is 0. The second-order valence-electron chi connectivity index (χ2n) is 5.59. The lowest BCUT2D eigenvalue weighted by atomic mass is 10.1. The van der Waals surface area contributed by atoms with Crippen LogP contribution in [0.25, 0.3) is 0 Å². The van der Waals surface area contributed by atoms with Gasteiger partial charge in [-0.05, 0) is 25.0 Å². The van der Waals surface area contributed by atoms with Gasteiger partial charge in [0, 0.05) is 25.2 Å². The second-order valence-corrected chi connectivity index (χ2v) is 9.30. The Morgan fingerprint density at radius 2 is 1.62 bits per heavy atom. The van der Waals surface area contributed by atoms with Crippen LogP contribution in [0.1, 0.15) is 12.8 Å². The average molecular weight is 378 g/mol. The van der Waals surface area contributed by atoms with E-state index >= 15 is 0 Å². The van der Waals surface area contributed by atoms with Crippen molar-refractivity contribution in [3.8, 4) is 11.5 Å². The summed E-state index contributed by atoms with van der Waals surface area (Å²) in [4.78, 5) is 0.120. The van der Waals surface area contributed by atoms with E-state index in [4.69, 9.17) is 9.47 Å². The van der Waals surface area contributed by atoms with Crippen LogP contribution in [0.15, 0.2) is 23.1 Å². The van der Waals surface area contributed by atoms with Gasteiger partial charge < -0.3 is 9.47 Å². The van der Waals surface area contributed by atoms with E-state index in [9.17, 15) is 16.8 Å². The quantitative estimate of drug-likeness (QED) is 0.769. The zero-order valence-electron chi connectivity index (χ0n) is 13.9. The monoisotopic (exact) mass is 378 g/mol. The standard InChI is InChI=1S/C14H22N2O6S2/c1-21-13-5-4-12(10-14(13)22-2)24(19,20)16-8-6-11(7-9-16)15-23(3,17)18/h4-5,10-11,15H,6-9H2,1-3H3. The summed E-state index contributed by atoms with van der Waals surface area (Å²) >= 11 is 0. The molecule has 0 atom stereocenters. The lowest BCUT2D eigenvalue weighted by Crippen LogP contribution is -2.46. The predicted molar refractivity (Wildman–Crippen MR) is 89.3 cm³/mol. The van der Waals surface area contributed by atoms with Crippen molar-refractivity contribution in [2.45, 2.75) is 23.8 Å². The van der Waals surface area contributed by atoms with Crippen molar-refractivity contribution in [2.75, 3.05) is 33.6 Å². The first kappa shape index (κ1) is 19.0. The van der Waals surface area contributed by atoms with Gasteiger partial charge in [-0.15, -0.1) is 0 Å². The van der Waals surface area contributed by atoms with Crippen molar-refractivity contribution >= 4 is 20.0 Å². The molecule has 0 aromatic heterocycles. The highest BCUT2D eigenvalue weighted by Crippen LogP contribution is 2.31. The van der Waals surface area contributed by atoms with Gasteiger partial charge in [-0.1, -0.05) is 0 Å². The van der Waals surface area contributed by atoms with Crippen LogP contribution in [-0.2, 0) is 20.0 Å². The van der Waals surface area contributed by atoms with Crippen LogP contribution in [0.4, 0.5) is 0 Å². The summed E-state index contributed by atoms with van der Waals surface area (Å²) in [5.74, 6) is 0.791. The van der Waals surface area contributed by atoms with Crippen molar-refractivity contribution in [3.63, 3.8) is 0 Å². The average Bonchev–Trinajstić information content (AvgIpc) is 2.53. The van der Waals surface area contributed by atoms with Gasteiger partial charge in [-0.2, -0.15) is 4.31 Å². The fourth-order valence-corrected chi connectivity index (χ4v) is 4.97. The van der Waals surface area contributed by atoms with Crippen molar-refractivity contribution in [2.24, 2.45) is 0 Å². The van der Waals surface area contributed by atoms with Crippen LogP contribution in [-0.4, -0.2) is 60.7 Å². The largest absolute Gasteiger partial charge is 0.493 e. The van der Waals surface area contributed by atoms with Crippen molar-refractivity contribution in [3.05, 3.63) is 18.2 Å². The van der Waals surface area contributed by atoms with E-state index in [1.54, 1.807) is 6.07 Å². The summed E-state index contributed by atoms with van der Waals surface area (Å²) in [6, 6.07) is 4.20. The van der Waals surface area contributed by atoms with Gasteiger partial charge in [-0.3, -0.25) is 0 Å². The molecule has 0 radical (unpaired) electrons. The second kappa shape index (κ2) is 7.26. The van der Waals surface area contributed by atoms with E-state index in [1.807, 2.05) is 0 Å². The maximum Gasteiger partial charge on any atom is 0.243 e. The normalized spacial score (nSPS) is 17.6. The molecule has 1 aromatic carbocycles. The molecule has 0 unspecified atom stereocenters. The molecule has 2 rings (SSSR count). The highest BCUT2D eigenvalue weighted by Gasteiger charge is 2.30. The highest BCUT2D eigenvalue weighted by atomic mass is 32.2. The summed E-state index contributed by atoms with van der Waals surface area (Å²) in [6.07, 6.45) is 1.96. The number of ether oxygens (including phenoxy) is 2. The van der Waals surface area contributed by atoms with Gasteiger partial charge in [0.25, 0.3) is 0 Å². The Hall–Kier alpha value is -1.36. The zero-order valence-corrected chi connectivity index (χ0v) is 15.5. The summed E-state index contributed by atoms with van der Waals surface area (Å²) in [6.45, 7) is 0.508. The Labute approximate surface area is 142 Å². The summed E-state index contributed by atoms with van der Waals surface area (Å²) in [5, 5.41) is 0. The maximum absolute atomic E-state index is 12.7. The molecule has 0 saturated carbocycles. The SMILES string of the molecule is COc1ccc(S(=O)(=O)N2CCC(NS(C)(=O)=O)CC2)cc1OC. The smallest absolute Gasteiger partial charge is 0.243 e. The molecule has 24 heavy (non-hydrogen) atoms. The van der Waals surface area contributed by atoms with Gasteiger partial charge in [0.1, 0.15) is 0 Å². The van der Waals surface area contributed by atoms with Crippen molar-refractivity contribution in [1.82, 2.24) is 9.03 Å². The fourth-order valence-electron chi connectivity index (χ4n) is 2.64. The first-order valence-electron chi connectivity index (χ1n) is 7.37. The molecule has 1 fully saturated rings. The van der Waals surface area contributed by atoms with Gasteiger partial charge in [0.05, 0.1) is 25.4 Å². The third-order valence-electron chi connectivity index (χ3n) is 3.83. The van der Waals surface area contributed by atoms with E-state index < -0.39 is 20.0 Å². The van der Waals surface area contributed by atoms with Crippen LogP contribution < -0.4 is 14.2 Å². The van der Waals surface area contributed by atoms with Crippen LogP contribution >= 0.6 is 0 Å². The highest BCUT2D eigenvalue weighted by molar-refractivity contribution is 7.89. The van der Waals surface area contributed by atoms with Crippen LogP contribution in [0, 0.1) is 0 Å². The van der Waals surface area contributed by atoms with E-state index in [0.717, 1.165) is 6.26 Å². The molecule has 0 amide bonds. The minimum Gasteiger partial charge on any atom is -0.493 e. The number of hydrogen-bond acceptors (Lipinski definition) is 6. The third-order valence-corrected chi connectivity index (χ3v) is 6.48. The molecule has 1 aromatic rings. The Morgan fingerprint density at radius 3 is 2.12 bits per heavy atom. The molecule has 1 N–H and O–H groups in total. The van der Waals surface area contributed by atoms with E-state index in [1.165, 1.54) is 30.7 Å². The van der Waals surface area contributed by atoms with Gasteiger partial charge in [0.15, 0.2) is 11.5 Å². The third kappa shape index (κ3) is 4.38. The molecule has 0 spiro atoms. The number of nitrogens with zero attached hydrogens (tertiary/aromatic N) is 1. The number of piperidine rings is 1. The first-order chi connectivity index (χ1) is 11.2. The van der Waals surface area contributed by atoms with Crippen molar-refractivity contribution < 1.29 is 26.3 Å². The summed E-state index contributed by atoms with van der Waals surface area (Å²) < 4.78 is 62.1. The number of nitrogens with one attached hydrogen (secondary N) is 1. The minimum atomic E-state index is -3.67. The predicted octanol–water partition coefficient (Wildman–Crippen LogP) is 0.406. The molecule has 10 heteroatoms.